The number of ether oxygens (including phenoxy) is 3. The molecule has 2 saturated heterocycles. The molecule has 0 saturated carbocycles. The second kappa shape index (κ2) is 14.5. The Morgan fingerprint density at radius 2 is 1.94 bits per heavy atom. The Labute approximate surface area is 200 Å². The second-order valence-electron chi connectivity index (χ2n) is 9.04. The van der Waals surface area contributed by atoms with Crippen LogP contribution in [0.5, 0.6) is 0 Å². The van der Waals surface area contributed by atoms with Gasteiger partial charge in [-0.15, -0.1) is 0 Å². The number of unbranched alkanes of at least 4 members (excludes halogenated alkanes) is 2. The van der Waals surface area contributed by atoms with Gasteiger partial charge in [0.05, 0.1) is 24.7 Å². The Balaban J connectivity index is 1.79. The van der Waals surface area contributed by atoms with Crippen LogP contribution in [-0.4, -0.2) is 103 Å². The minimum atomic E-state index is -1.32. The third-order valence-electron chi connectivity index (χ3n) is 6.59. The number of nitro groups is 1. The zero-order valence-electron chi connectivity index (χ0n) is 20.1. The standard InChI is InChI=1S/C22H39N3O9/c1-15(27)23-20-21(29)18(12-25(30)31)16(13-26)14-34-22(20)33-11-5-3-4-6-19(28)24-9-7-17(32-2)8-10-24/h16-18,20-22,26,29H,3-14H2,1-2H3,(H,23,27)/t16?,18-,20?,21?,22+/m0/s1. The monoisotopic (exact) mass is 489 g/mol. The molecule has 2 amide bonds. The van der Waals surface area contributed by atoms with Crippen molar-refractivity contribution >= 4 is 11.8 Å². The normalized spacial score (nSPS) is 28.4. The minimum Gasteiger partial charge on any atom is -0.396 e. The molecule has 0 aromatic carbocycles. The van der Waals surface area contributed by atoms with Gasteiger partial charge < -0.3 is 34.6 Å². The summed E-state index contributed by atoms with van der Waals surface area (Å²) in [5.41, 5.74) is 0. The van der Waals surface area contributed by atoms with Crippen molar-refractivity contribution in [2.45, 2.75) is 70.0 Å². The average molecular weight is 490 g/mol. The van der Waals surface area contributed by atoms with Crippen molar-refractivity contribution < 1.29 is 38.9 Å². The van der Waals surface area contributed by atoms with Gasteiger partial charge in [0.15, 0.2) is 6.29 Å². The molecule has 196 valence electrons. The lowest BCUT2D eigenvalue weighted by molar-refractivity contribution is -0.492. The molecule has 0 aromatic heterocycles. The lowest BCUT2D eigenvalue weighted by Crippen LogP contribution is -2.54. The van der Waals surface area contributed by atoms with E-state index in [1.807, 2.05) is 4.90 Å². The van der Waals surface area contributed by atoms with Crippen molar-refractivity contribution in [1.29, 1.82) is 0 Å². The van der Waals surface area contributed by atoms with Gasteiger partial charge in [-0.25, -0.2) is 0 Å². The number of aliphatic hydroxyl groups is 2. The maximum Gasteiger partial charge on any atom is 0.222 e. The van der Waals surface area contributed by atoms with E-state index in [9.17, 15) is 29.9 Å². The second-order valence-corrected chi connectivity index (χ2v) is 9.04. The predicted molar refractivity (Wildman–Crippen MR) is 120 cm³/mol. The Hall–Kier alpha value is -1.86. The summed E-state index contributed by atoms with van der Waals surface area (Å²) in [5, 5.41) is 34.1. The molecular weight excluding hydrogens is 450 g/mol. The largest absolute Gasteiger partial charge is 0.396 e. The SMILES string of the molecule is COC1CCN(C(=O)CCCCCO[C@@H]2OCC(CO)[C@H](C[N+](=O)[O-])C(O)C2NC(C)=O)CC1. The molecule has 34 heavy (non-hydrogen) atoms. The molecule has 0 aliphatic carbocycles. The molecule has 3 unspecified atom stereocenters. The highest BCUT2D eigenvalue weighted by Crippen LogP contribution is 2.27. The Morgan fingerprint density at radius 1 is 1.24 bits per heavy atom. The van der Waals surface area contributed by atoms with Crippen LogP contribution < -0.4 is 5.32 Å². The number of piperidine rings is 1. The van der Waals surface area contributed by atoms with Gasteiger partial charge in [-0.3, -0.25) is 19.7 Å². The van der Waals surface area contributed by atoms with E-state index in [1.54, 1.807) is 7.11 Å². The zero-order valence-corrected chi connectivity index (χ0v) is 20.1. The highest BCUT2D eigenvalue weighted by atomic mass is 16.7. The highest BCUT2D eigenvalue weighted by Gasteiger charge is 2.44. The number of carbonyl (C=O) groups excluding carboxylic acids is 2. The van der Waals surface area contributed by atoms with Crippen LogP contribution in [0.1, 0.15) is 45.4 Å². The van der Waals surface area contributed by atoms with Crippen LogP contribution in [0, 0.1) is 22.0 Å². The summed E-state index contributed by atoms with van der Waals surface area (Å²) in [7, 11) is 1.69. The Kier molecular flexibility index (Phi) is 12.1. The fourth-order valence-electron chi connectivity index (χ4n) is 4.56. The summed E-state index contributed by atoms with van der Waals surface area (Å²) in [5.74, 6) is -1.85. The number of nitrogens with zero attached hydrogens (tertiary/aromatic N) is 2. The summed E-state index contributed by atoms with van der Waals surface area (Å²) in [6.45, 7) is 1.99. The molecule has 12 nitrogen and oxygen atoms in total. The van der Waals surface area contributed by atoms with E-state index in [0.29, 0.717) is 19.3 Å². The van der Waals surface area contributed by atoms with Crippen molar-refractivity contribution in [2.75, 3.05) is 46.6 Å². The quantitative estimate of drug-likeness (QED) is 0.193. The maximum absolute atomic E-state index is 12.4. The van der Waals surface area contributed by atoms with Crippen molar-refractivity contribution in [2.24, 2.45) is 11.8 Å². The number of hydrogen-bond donors (Lipinski definition) is 3. The van der Waals surface area contributed by atoms with Gasteiger partial charge in [-0.1, -0.05) is 6.42 Å². The lowest BCUT2D eigenvalue weighted by Gasteiger charge is -2.31. The van der Waals surface area contributed by atoms with Crippen LogP contribution in [0.3, 0.4) is 0 Å². The van der Waals surface area contributed by atoms with E-state index >= 15 is 0 Å². The smallest absolute Gasteiger partial charge is 0.222 e. The summed E-state index contributed by atoms with van der Waals surface area (Å²) < 4.78 is 16.8. The molecule has 3 N–H and O–H groups in total. The van der Waals surface area contributed by atoms with Crippen molar-refractivity contribution in [1.82, 2.24) is 10.2 Å². The predicted octanol–water partition coefficient (Wildman–Crippen LogP) is -0.0759. The summed E-state index contributed by atoms with van der Waals surface area (Å²) in [4.78, 5) is 36.4. The molecule has 2 aliphatic heterocycles. The number of amides is 2. The van der Waals surface area contributed by atoms with E-state index in [1.165, 1.54) is 6.92 Å². The molecule has 2 aliphatic rings. The molecule has 12 heteroatoms. The average Bonchev–Trinajstić information content (AvgIpc) is 2.92. The third kappa shape index (κ3) is 8.73. The molecule has 2 heterocycles. The van der Waals surface area contributed by atoms with Gasteiger partial charge in [0.1, 0.15) is 6.04 Å². The first-order valence-electron chi connectivity index (χ1n) is 12.0. The van der Waals surface area contributed by atoms with E-state index in [2.05, 4.69) is 5.32 Å². The zero-order chi connectivity index (χ0) is 25.1. The number of nitrogens with one attached hydrogen (secondary N) is 1. The Bertz CT molecular complexity index is 658. The number of rotatable bonds is 12. The topological polar surface area (TPSA) is 161 Å². The van der Waals surface area contributed by atoms with Gasteiger partial charge in [0, 0.05) is 57.6 Å². The van der Waals surface area contributed by atoms with Crippen LogP contribution in [0.25, 0.3) is 0 Å². The molecule has 0 aromatic rings. The molecule has 2 rings (SSSR count). The minimum absolute atomic E-state index is 0.0406. The first-order valence-corrected chi connectivity index (χ1v) is 12.0. The lowest BCUT2D eigenvalue weighted by atomic mass is 9.85. The summed E-state index contributed by atoms with van der Waals surface area (Å²) in [6, 6.07) is -1.00. The fourth-order valence-corrected chi connectivity index (χ4v) is 4.56. The summed E-state index contributed by atoms with van der Waals surface area (Å²) >= 11 is 0. The van der Waals surface area contributed by atoms with Crippen LogP contribution in [-0.2, 0) is 23.8 Å². The van der Waals surface area contributed by atoms with Crippen molar-refractivity contribution in [3.05, 3.63) is 10.1 Å². The molecule has 0 bridgehead atoms. The maximum atomic E-state index is 12.4. The molecule has 5 atom stereocenters. The van der Waals surface area contributed by atoms with Gasteiger partial charge >= 0.3 is 0 Å². The van der Waals surface area contributed by atoms with E-state index in [0.717, 1.165) is 32.4 Å². The van der Waals surface area contributed by atoms with Crippen molar-refractivity contribution in [3.8, 4) is 0 Å². The number of hydrogen-bond acceptors (Lipinski definition) is 9. The summed E-state index contributed by atoms with van der Waals surface area (Å²) in [6.07, 6.45) is 2.20. The molecule has 0 radical (unpaired) electrons. The number of aliphatic hydroxyl groups excluding tert-OH is 2. The van der Waals surface area contributed by atoms with Crippen LogP contribution in [0.4, 0.5) is 0 Å². The van der Waals surface area contributed by atoms with Crippen LogP contribution >= 0.6 is 0 Å². The first kappa shape index (κ1) is 28.4. The third-order valence-corrected chi connectivity index (χ3v) is 6.59. The van der Waals surface area contributed by atoms with Gasteiger partial charge in [-0.2, -0.15) is 0 Å². The van der Waals surface area contributed by atoms with Gasteiger partial charge in [0.2, 0.25) is 18.4 Å². The van der Waals surface area contributed by atoms with Crippen molar-refractivity contribution in [3.63, 3.8) is 0 Å². The van der Waals surface area contributed by atoms with Gasteiger partial charge in [0.25, 0.3) is 0 Å². The number of likely N-dealkylation sites (tertiary alicyclic amines) is 1. The molecule has 2 fully saturated rings. The van der Waals surface area contributed by atoms with E-state index in [-0.39, 0.29) is 25.2 Å². The van der Waals surface area contributed by atoms with Crippen LogP contribution in [0.2, 0.25) is 0 Å². The van der Waals surface area contributed by atoms with E-state index in [4.69, 9.17) is 14.2 Å². The van der Waals surface area contributed by atoms with Crippen LogP contribution in [0.15, 0.2) is 0 Å². The number of carbonyl (C=O) groups is 2. The van der Waals surface area contributed by atoms with Gasteiger partial charge in [-0.05, 0) is 25.7 Å². The number of methoxy groups -OCH3 is 1. The van der Waals surface area contributed by atoms with E-state index < -0.39 is 54.3 Å². The Morgan fingerprint density at radius 3 is 2.53 bits per heavy atom. The molecule has 0 spiro atoms. The molecular formula is C22H39N3O9. The first-order chi connectivity index (χ1) is 16.3. The highest BCUT2D eigenvalue weighted by molar-refractivity contribution is 5.76. The fraction of sp³-hybridized carbons (Fsp3) is 0.909.